The normalized spacial score (nSPS) is 19.8. The van der Waals surface area contributed by atoms with Crippen LogP contribution >= 0.6 is 0 Å². The van der Waals surface area contributed by atoms with Crippen LogP contribution < -0.4 is 5.32 Å². The van der Waals surface area contributed by atoms with Crippen molar-refractivity contribution in [3.05, 3.63) is 109 Å². The lowest BCUT2D eigenvalue weighted by Gasteiger charge is -2.41. The maximum absolute atomic E-state index is 13.4. The molecule has 1 heterocycles. The van der Waals surface area contributed by atoms with Crippen molar-refractivity contribution in [1.29, 1.82) is 0 Å². The van der Waals surface area contributed by atoms with Gasteiger partial charge < -0.3 is 45.1 Å². The number of hydrogen-bond acceptors (Lipinski definition) is 10. The molecule has 0 aliphatic carbocycles. The average Bonchev–Trinajstić information content (AvgIpc) is 3.43. The largest absolute Gasteiger partial charge is 0.454 e. The number of ether oxygens (including phenoxy) is 3. The van der Waals surface area contributed by atoms with Gasteiger partial charge in [-0.1, -0.05) is 226 Å². The number of aliphatic hydroxyl groups excluding tert-OH is 5. The van der Waals surface area contributed by atoms with Gasteiger partial charge in [0.15, 0.2) is 12.4 Å². The van der Waals surface area contributed by atoms with E-state index in [1.165, 1.54) is 57.8 Å². The van der Waals surface area contributed by atoms with Crippen LogP contribution in [0.5, 0.6) is 0 Å². The third-order valence-electron chi connectivity index (χ3n) is 13.7. The van der Waals surface area contributed by atoms with Gasteiger partial charge in [0.1, 0.15) is 24.4 Å². The van der Waals surface area contributed by atoms with Gasteiger partial charge >= 0.3 is 5.97 Å². The fourth-order valence-electron chi connectivity index (χ4n) is 8.80. The fourth-order valence-corrected chi connectivity index (χ4v) is 8.80. The molecule has 0 radical (unpaired) electrons. The maximum atomic E-state index is 13.4. The second-order valence-electron chi connectivity index (χ2n) is 20.7. The Labute approximate surface area is 468 Å². The standard InChI is InChI=1S/C66H111NO10/c1-4-7-10-13-16-19-22-24-26-28-29-30-32-33-35-38-41-44-47-50-53-59(70)65(74)67-57(58(69)52-49-46-43-40-37-21-18-15-12-9-6-3)56-75-66-64(63(73)62(72)60(55-68)76-66)77-61(71)54-51-48-45-42-39-36-34-31-27-25-23-20-17-14-11-8-5-2/h7,10,16-17,19-20,24-27,29-30,33-36,49,52,57-60,62-64,66,68-70,72-73H,4-6,8-9,11-15,18,21-23,28,31-32,37-48,50-51,53-56H2,1-3H3,(H,67,74)/b10-7-,19-16-,20-17-,26-24-,27-25-,30-29-,35-33-,36-34-,52-49+. The highest BCUT2D eigenvalue weighted by molar-refractivity contribution is 5.80. The van der Waals surface area contributed by atoms with Crippen molar-refractivity contribution >= 4 is 11.9 Å². The molecule has 1 aliphatic heterocycles. The number of aliphatic hydroxyl groups is 5. The molecule has 0 bridgehead atoms. The van der Waals surface area contributed by atoms with Crippen molar-refractivity contribution in [3.63, 3.8) is 0 Å². The van der Waals surface area contributed by atoms with Crippen LogP contribution in [0.3, 0.4) is 0 Å². The Morgan fingerprint density at radius 3 is 1.43 bits per heavy atom. The summed E-state index contributed by atoms with van der Waals surface area (Å²) >= 11 is 0. The van der Waals surface area contributed by atoms with E-state index in [9.17, 15) is 35.1 Å². The summed E-state index contributed by atoms with van der Waals surface area (Å²) in [5.74, 6) is -1.25. The molecule has 1 amide bonds. The van der Waals surface area contributed by atoms with Gasteiger partial charge in [0.05, 0.1) is 25.4 Å². The summed E-state index contributed by atoms with van der Waals surface area (Å²) in [7, 11) is 0. The van der Waals surface area contributed by atoms with E-state index in [2.05, 4.69) is 123 Å². The Balaban J connectivity index is 2.71. The molecule has 8 unspecified atom stereocenters. The van der Waals surface area contributed by atoms with Gasteiger partial charge in [0, 0.05) is 6.42 Å². The second kappa shape index (κ2) is 53.0. The van der Waals surface area contributed by atoms with Crippen molar-refractivity contribution in [3.8, 4) is 0 Å². The number of unbranched alkanes of at least 4 members (excludes halogenated alkanes) is 20. The van der Waals surface area contributed by atoms with Gasteiger partial charge in [-0.3, -0.25) is 9.59 Å². The first-order valence-corrected chi connectivity index (χ1v) is 30.7. The minimum atomic E-state index is -1.63. The Kier molecular flexibility index (Phi) is 49.1. The molecule has 77 heavy (non-hydrogen) atoms. The first kappa shape index (κ1) is 71.3. The van der Waals surface area contributed by atoms with E-state index in [0.29, 0.717) is 12.8 Å². The summed E-state index contributed by atoms with van der Waals surface area (Å²) in [6.45, 7) is 5.60. The van der Waals surface area contributed by atoms with Crippen molar-refractivity contribution in [2.24, 2.45) is 0 Å². The molecule has 11 nitrogen and oxygen atoms in total. The molecule has 440 valence electrons. The molecule has 0 saturated carbocycles. The van der Waals surface area contributed by atoms with Crippen molar-refractivity contribution in [2.45, 2.75) is 282 Å². The van der Waals surface area contributed by atoms with Crippen LogP contribution in [0.4, 0.5) is 0 Å². The SMILES string of the molecule is CC/C=C\C/C=C\C/C=C\C/C=C\C/C=C\CCCCCCC(O)C(=O)NC(COC1OC(CO)C(O)C(O)C1OC(=O)CCCCCC/C=C\C/C=C\C/C=C\CCCCC)C(O)/C=C/CCCCCCCCCCC. The molecule has 8 atom stereocenters. The zero-order valence-electron chi connectivity index (χ0n) is 48.5. The molecule has 0 aromatic carbocycles. The van der Waals surface area contributed by atoms with Crippen molar-refractivity contribution < 1.29 is 49.3 Å². The van der Waals surface area contributed by atoms with Crippen LogP contribution in [0.2, 0.25) is 0 Å². The summed E-state index contributed by atoms with van der Waals surface area (Å²) in [6.07, 6.45) is 61.2. The lowest BCUT2D eigenvalue weighted by Crippen LogP contribution is -2.61. The topological polar surface area (TPSA) is 175 Å². The van der Waals surface area contributed by atoms with Crippen LogP contribution in [0.25, 0.3) is 0 Å². The van der Waals surface area contributed by atoms with E-state index in [-0.39, 0.29) is 19.4 Å². The number of rotatable bonds is 50. The average molecular weight is 1080 g/mol. The minimum absolute atomic E-state index is 0.0898. The Morgan fingerprint density at radius 1 is 0.519 bits per heavy atom. The third-order valence-corrected chi connectivity index (χ3v) is 13.7. The van der Waals surface area contributed by atoms with Crippen LogP contribution in [0.15, 0.2) is 109 Å². The predicted molar refractivity (Wildman–Crippen MR) is 319 cm³/mol. The molecular formula is C66H111NO10. The number of esters is 1. The quantitative estimate of drug-likeness (QED) is 0.0195. The van der Waals surface area contributed by atoms with E-state index in [0.717, 1.165) is 128 Å². The van der Waals surface area contributed by atoms with Crippen molar-refractivity contribution in [2.75, 3.05) is 13.2 Å². The summed E-state index contributed by atoms with van der Waals surface area (Å²) < 4.78 is 17.6. The number of nitrogens with one attached hydrogen (secondary N) is 1. The van der Waals surface area contributed by atoms with E-state index < -0.39 is 67.4 Å². The number of amides is 1. The molecule has 0 aromatic heterocycles. The minimum Gasteiger partial charge on any atom is -0.454 e. The van der Waals surface area contributed by atoms with Gasteiger partial charge in [-0.2, -0.15) is 0 Å². The lowest BCUT2D eigenvalue weighted by atomic mass is 9.99. The first-order chi connectivity index (χ1) is 37.7. The van der Waals surface area contributed by atoms with Crippen molar-refractivity contribution in [1.82, 2.24) is 5.32 Å². The van der Waals surface area contributed by atoms with E-state index in [1.807, 2.05) is 6.08 Å². The summed E-state index contributed by atoms with van der Waals surface area (Å²) in [6, 6.07) is -1.05. The first-order valence-electron chi connectivity index (χ1n) is 30.7. The molecule has 1 rings (SSSR count). The Bertz CT molecular complexity index is 1660. The van der Waals surface area contributed by atoms with Crippen LogP contribution in [-0.4, -0.2) is 99.6 Å². The molecule has 1 saturated heterocycles. The molecule has 6 N–H and O–H groups in total. The summed E-state index contributed by atoms with van der Waals surface area (Å²) in [5.41, 5.74) is 0. The number of allylic oxidation sites excluding steroid dienone is 17. The highest BCUT2D eigenvalue weighted by atomic mass is 16.7. The molecular weight excluding hydrogens is 967 g/mol. The number of hydrogen-bond donors (Lipinski definition) is 6. The Morgan fingerprint density at radius 2 is 0.935 bits per heavy atom. The van der Waals surface area contributed by atoms with Crippen LogP contribution in [-0.2, 0) is 23.8 Å². The molecule has 1 fully saturated rings. The lowest BCUT2D eigenvalue weighted by molar-refractivity contribution is -0.305. The van der Waals surface area contributed by atoms with Crippen LogP contribution in [0, 0.1) is 0 Å². The zero-order valence-corrected chi connectivity index (χ0v) is 48.5. The van der Waals surface area contributed by atoms with Gasteiger partial charge in [0.2, 0.25) is 5.91 Å². The second-order valence-corrected chi connectivity index (χ2v) is 20.7. The zero-order chi connectivity index (χ0) is 56.1. The molecule has 11 heteroatoms. The molecule has 1 aliphatic rings. The maximum Gasteiger partial charge on any atom is 0.306 e. The highest BCUT2D eigenvalue weighted by Crippen LogP contribution is 2.26. The Hall–Kier alpha value is -3.68. The monoisotopic (exact) mass is 1080 g/mol. The fraction of sp³-hybridized carbons (Fsp3) is 0.697. The van der Waals surface area contributed by atoms with E-state index in [4.69, 9.17) is 14.2 Å². The summed E-state index contributed by atoms with van der Waals surface area (Å²) in [4.78, 5) is 26.5. The van der Waals surface area contributed by atoms with Gasteiger partial charge in [-0.05, 0) is 109 Å². The predicted octanol–water partition coefficient (Wildman–Crippen LogP) is 14.5. The smallest absolute Gasteiger partial charge is 0.306 e. The molecule has 0 aromatic rings. The van der Waals surface area contributed by atoms with E-state index >= 15 is 0 Å². The highest BCUT2D eigenvalue weighted by Gasteiger charge is 2.47. The van der Waals surface area contributed by atoms with Gasteiger partial charge in [-0.25, -0.2) is 0 Å². The van der Waals surface area contributed by atoms with Crippen LogP contribution in [0.1, 0.15) is 233 Å². The number of carbonyl (C=O) groups is 2. The number of carbonyl (C=O) groups excluding carboxylic acids is 2. The summed E-state index contributed by atoms with van der Waals surface area (Å²) in [5, 5.41) is 56.9. The third kappa shape index (κ3) is 41.1. The molecule has 0 spiro atoms. The van der Waals surface area contributed by atoms with Gasteiger partial charge in [-0.15, -0.1) is 0 Å². The van der Waals surface area contributed by atoms with E-state index in [1.54, 1.807) is 6.08 Å². The van der Waals surface area contributed by atoms with Gasteiger partial charge in [0.25, 0.3) is 0 Å².